The van der Waals surface area contributed by atoms with Crippen LogP contribution in [0.15, 0.2) is 42.5 Å². The highest BCUT2D eigenvalue weighted by Gasteiger charge is 2.10. The molecule has 0 amide bonds. The topological polar surface area (TPSA) is 35.2 Å². The number of ether oxygens (including phenoxy) is 1. The molecule has 0 aliphatic heterocycles. The molecule has 4 heteroatoms. The van der Waals surface area contributed by atoms with Crippen molar-refractivity contribution in [2.75, 3.05) is 6.54 Å². The summed E-state index contributed by atoms with van der Waals surface area (Å²) in [6, 6.07) is 12.9. The first-order valence-electron chi connectivity index (χ1n) is 5.62. The number of benzene rings is 2. The number of nitrogens with two attached hydrogens (primary N) is 1. The van der Waals surface area contributed by atoms with Gasteiger partial charge < -0.3 is 10.5 Å². The second kappa shape index (κ2) is 6.10. The lowest BCUT2D eigenvalue weighted by Crippen LogP contribution is -2.04. The average molecular weight is 282 g/mol. The number of rotatable bonds is 4. The summed E-state index contributed by atoms with van der Waals surface area (Å²) in [6.07, 6.45) is 0.709. The van der Waals surface area contributed by atoms with Gasteiger partial charge in [-0.2, -0.15) is 0 Å². The summed E-state index contributed by atoms with van der Waals surface area (Å²) in [4.78, 5) is 0. The highest BCUT2D eigenvalue weighted by atomic mass is 35.5. The molecule has 2 rings (SSSR count). The van der Waals surface area contributed by atoms with Gasteiger partial charge in [0.1, 0.15) is 11.5 Å². The van der Waals surface area contributed by atoms with Crippen molar-refractivity contribution < 1.29 is 4.74 Å². The zero-order chi connectivity index (χ0) is 13.0. The fraction of sp³-hybridized carbons (Fsp3) is 0.143. The molecule has 18 heavy (non-hydrogen) atoms. The predicted octanol–water partition coefficient (Wildman–Crippen LogP) is 4.29. The molecule has 0 heterocycles. The Morgan fingerprint density at radius 3 is 2.39 bits per heavy atom. The Labute approximate surface area is 116 Å². The van der Waals surface area contributed by atoms with Crippen LogP contribution >= 0.6 is 23.2 Å². The van der Waals surface area contributed by atoms with Gasteiger partial charge in [0.25, 0.3) is 0 Å². The maximum absolute atomic E-state index is 6.16. The van der Waals surface area contributed by atoms with Gasteiger partial charge in [0.15, 0.2) is 0 Å². The van der Waals surface area contributed by atoms with Gasteiger partial charge in [-0.15, -0.1) is 0 Å². The minimum absolute atomic E-state index is 0.541. The van der Waals surface area contributed by atoms with Crippen molar-refractivity contribution in [3.05, 3.63) is 58.1 Å². The summed E-state index contributed by atoms with van der Waals surface area (Å²) in [5.74, 6) is 1.21. The number of halogens is 2. The quantitative estimate of drug-likeness (QED) is 0.908. The lowest BCUT2D eigenvalue weighted by atomic mass is 10.1. The van der Waals surface area contributed by atoms with Gasteiger partial charge in [-0.1, -0.05) is 47.5 Å². The number of hydrogen-bond donors (Lipinski definition) is 1. The van der Waals surface area contributed by atoms with Crippen LogP contribution in [0.5, 0.6) is 11.5 Å². The van der Waals surface area contributed by atoms with Gasteiger partial charge in [-0.05, 0) is 36.7 Å². The molecule has 0 radical (unpaired) electrons. The van der Waals surface area contributed by atoms with Gasteiger partial charge in [-0.25, -0.2) is 0 Å². The predicted molar refractivity (Wildman–Crippen MR) is 75.7 cm³/mol. The van der Waals surface area contributed by atoms with E-state index in [1.807, 2.05) is 24.3 Å². The zero-order valence-electron chi connectivity index (χ0n) is 9.70. The molecule has 0 saturated heterocycles. The Kier molecular flexibility index (Phi) is 4.48. The summed E-state index contributed by atoms with van der Waals surface area (Å²) in [5.41, 5.74) is 6.55. The standard InChI is InChI=1S/C14H13Cl2NO/c15-11-5-1-2-7-13(11)18-14-10(8-9-17)4-3-6-12(14)16/h1-7H,8-9,17H2. The van der Waals surface area contributed by atoms with Crippen LogP contribution < -0.4 is 10.5 Å². The maximum atomic E-state index is 6.16. The zero-order valence-corrected chi connectivity index (χ0v) is 11.2. The Morgan fingerprint density at radius 1 is 0.944 bits per heavy atom. The summed E-state index contributed by atoms with van der Waals surface area (Å²) in [6.45, 7) is 0.541. The molecular weight excluding hydrogens is 269 g/mol. The van der Waals surface area contributed by atoms with Crippen molar-refractivity contribution in [1.82, 2.24) is 0 Å². The fourth-order valence-corrected chi connectivity index (χ4v) is 2.06. The summed E-state index contributed by atoms with van der Waals surface area (Å²) < 4.78 is 5.80. The van der Waals surface area contributed by atoms with E-state index in [1.165, 1.54) is 0 Å². The summed E-state index contributed by atoms with van der Waals surface area (Å²) in [5, 5.41) is 1.11. The van der Waals surface area contributed by atoms with E-state index >= 15 is 0 Å². The van der Waals surface area contributed by atoms with Gasteiger partial charge in [0.2, 0.25) is 0 Å². The van der Waals surface area contributed by atoms with Crippen LogP contribution in [-0.4, -0.2) is 6.54 Å². The van der Waals surface area contributed by atoms with Gasteiger partial charge >= 0.3 is 0 Å². The lowest BCUT2D eigenvalue weighted by molar-refractivity contribution is 0.477. The minimum atomic E-state index is 0.541. The van der Waals surface area contributed by atoms with E-state index < -0.39 is 0 Å². The second-order valence-electron chi connectivity index (χ2n) is 3.80. The largest absolute Gasteiger partial charge is 0.454 e. The third-order valence-electron chi connectivity index (χ3n) is 2.51. The number of para-hydroxylation sites is 2. The van der Waals surface area contributed by atoms with E-state index in [-0.39, 0.29) is 0 Å². The summed E-state index contributed by atoms with van der Waals surface area (Å²) >= 11 is 12.2. The van der Waals surface area contributed by atoms with Crippen molar-refractivity contribution in [2.24, 2.45) is 5.73 Å². The van der Waals surface area contributed by atoms with Crippen LogP contribution in [0.1, 0.15) is 5.56 Å². The van der Waals surface area contributed by atoms with Crippen LogP contribution in [0.4, 0.5) is 0 Å². The molecule has 0 fully saturated rings. The first kappa shape index (κ1) is 13.2. The molecule has 0 spiro atoms. The Bertz CT molecular complexity index is 543. The van der Waals surface area contributed by atoms with Crippen LogP contribution in [0.25, 0.3) is 0 Å². The van der Waals surface area contributed by atoms with Gasteiger partial charge in [0, 0.05) is 0 Å². The lowest BCUT2D eigenvalue weighted by Gasteiger charge is -2.13. The summed E-state index contributed by atoms with van der Waals surface area (Å²) in [7, 11) is 0. The average Bonchev–Trinajstić information content (AvgIpc) is 2.36. The van der Waals surface area contributed by atoms with E-state index in [1.54, 1.807) is 18.2 Å². The van der Waals surface area contributed by atoms with Crippen LogP contribution in [0, 0.1) is 0 Å². The van der Waals surface area contributed by atoms with Crippen LogP contribution in [0.3, 0.4) is 0 Å². The van der Waals surface area contributed by atoms with E-state index in [0.29, 0.717) is 34.5 Å². The Morgan fingerprint density at radius 2 is 1.67 bits per heavy atom. The fourth-order valence-electron chi connectivity index (χ4n) is 1.66. The first-order chi connectivity index (χ1) is 8.72. The molecule has 0 aliphatic carbocycles. The maximum Gasteiger partial charge on any atom is 0.149 e. The first-order valence-corrected chi connectivity index (χ1v) is 6.38. The molecule has 0 aliphatic rings. The third kappa shape index (κ3) is 2.96. The highest BCUT2D eigenvalue weighted by molar-refractivity contribution is 6.33. The normalized spacial score (nSPS) is 10.4. The van der Waals surface area contributed by atoms with E-state index in [2.05, 4.69) is 0 Å². The molecular formula is C14H13Cl2NO. The highest BCUT2D eigenvalue weighted by Crippen LogP contribution is 2.35. The minimum Gasteiger partial charge on any atom is -0.454 e. The third-order valence-corrected chi connectivity index (χ3v) is 3.12. The molecule has 2 aromatic rings. The molecule has 2 nitrogen and oxygen atoms in total. The molecule has 2 aromatic carbocycles. The molecule has 0 saturated carbocycles. The van der Waals surface area contributed by atoms with Crippen molar-refractivity contribution in [3.63, 3.8) is 0 Å². The van der Waals surface area contributed by atoms with Gasteiger partial charge in [-0.3, -0.25) is 0 Å². The monoisotopic (exact) mass is 281 g/mol. The van der Waals surface area contributed by atoms with E-state index in [9.17, 15) is 0 Å². The molecule has 0 atom stereocenters. The van der Waals surface area contributed by atoms with Crippen molar-refractivity contribution in [1.29, 1.82) is 0 Å². The van der Waals surface area contributed by atoms with Crippen molar-refractivity contribution in [2.45, 2.75) is 6.42 Å². The Hall–Kier alpha value is -1.22. The van der Waals surface area contributed by atoms with Crippen molar-refractivity contribution >= 4 is 23.2 Å². The second-order valence-corrected chi connectivity index (χ2v) is 4.61. The molecule has 94 valence electrons. The molecule has 0 aromatic heterocycles. The molecule has 0 unspecified atom stereocenters. The smallest absolute Gasteiger partial charge is 0.149 e. The van der Waals surface area contributed by atoms with Crippen molar-refractivity contribution in [3.8, 4) is 11.5 Å². The SMILES string of the molecule is NCCc1cccc(Cl)c1Oc1ccccc1Cl. The van der Waals surface area contributed by atoms with E-state index in [0.717, 1.165) is 5.56 Å². The van der Waals surface area contributed by atoms with E-state index in [4.69, 9.17) is 33.7 Å². The molecule has 0 bridgehead atoms. The van der Waals surface area contributed by atoms with Crippen LogP contribution in [0.2, 0.25) is 10.0 Å². The Balaban J connectivity index is 2.36. The van der Waals surface area contributed by atoms with Crippen LogP contribution in [-0.2, 0) is 6.42 Å². The molecule has 2 N–H and O–H groups in total. The van der Waals surface area contributed by atoms with Gasteiger partial charge in [0.05, 0.1) is 10.0 Å². The number of hydrogen-bond acceptors (Lipinski definition) is 2.